The molecule has 2 heterocycles. The van der Waals surface area contributed by atoms with E-state index >= 15 is 0 Å². The van der Waals surface area contributed by atoms with Gasteiger partial charge in [0.05, 0.1) is 22.4 Å². The average molecular weight is 389 g/mol. The smallest absolute Gasteiger partial charge is 0.227 e. The first-order valence-corrected chi connectivity index (χ1v) is 9.62. The van der Waals surface area contributed by atoms with Gasteiger partial charge in [-0.05, 0) is 30.7 Å². The van der Waals surface area contributed by atoms with Crippen LogP contribution in [0.4, 0.5) is 16.8 Å². The lowest BCUT2D eigenvalue weighted by Gasteiger charge is -2.09. The molecule has 2 aromatic carbocycles. The summed E-state index contributed by atoms with van der Waals surface area (Å²) in [6.07, 6.45) is 1.16. The first-order chi connectivity index (χ1) is 13.6. The minimum absolute atomic E-state index is 0.464. The molecule has 0 bridgehead atoms. The molecule has 0 spiro atoms. The molecule has 6 nitrogen and oxygen atoms in total. The highest BCUT2D eigenvalue weighted by Gasteiger charge is 2.15. The molecule has 0 radical (unpaired) electrons. The average Bonchev–Trinajstić information content (AvgIpc) is 3.11. The van der Waals surface area contributed by atoms with Gasteiger partial charge in [0.25, 0.3) is 0 Å². The van der Waals surface area contributed by atoms with E-state index in [0.29, 0.717) is 11.1 Å². The Morgan fingerprint density at radius 3 is 2.64 bits per heavy atom. The number of aromatic nitrogens is 3. The van der Waals surface area contributed by atoms with Crippen LogP contribution in [0.5, 0.6) is 0 Å². The maximum absolute atomic E-state index is 9.77. The molecule has 0 aliphatic heterocycles. The molecule has 4 N–H and O–H groups in total. The summed E-state index contributed by atoms with van der Waals surface area (Å²) in [4.78, 5) is 14.3. The summed E-state index contributed by atoms with van der Waals surface area (Å²) < 4.78 is 0. The number of benzene rings is 2. The van der Waals surface area contributed by atoms with E-state index in [9.17, 15) is 5.11 Å². The van der Waals surface area contributed by atoms with Crippen LogP contribution in [0.3, 0.4) is 0 Å². The van der Waals surface area contributed by atoms with Gasteiger partial charge in [0.15, 0.2) is 5.13 Å². The predicted molar refractivity (Wildman–Crippen MR) is 113 cm³/mol. The molecule has 1 unspecified atom stereocenters. The van der Waals surface area contributed by atoms with Crippen molar-refractivity contribution in [1.82, 2.24) is 15.0 Å². The summed E-state index contributed by atoms with van der Waals surface area (Å²) in [5.74, 6) is 0.464. The van der Waals surface area contributed by atoms with E-state index in [4.69, 9.17) is 5.73 Å². The molecule has 0 saturated heterocycles. The first kappa shape index (κ1) is 18.1. The van der Waals surface area contributed by atoms with E-state index in [-0.39, 0.29) is 0 Å². The number of rotatable bonds is 5. The standard InChI is InChI=1S/C21H19N5OS/c1-13(27)15-8-5-9-16(12-15)24-21-23-11-10-17(25-21)19-18(26-20(22)28-19)14-6-3-2-4-7-14/h2-13,27H,1H3,(H2,22,26)(H,23,24,25). The molecular weight excluding hydrogens is 370 g/mol. The van der Waals surface area contributed by atoms with Crippen LogP contribution in [0.2, 0.25) is 0 Å². The second-order valence-electron chi connectivity index (χ2n) is 6.29. The Morgan fingerprint density at radius 1 is 1.04 bits per heavy atom. The molecule has 28 heavy (non-hydrogen) atoms. The van der Waals surface area contributed by atoms with Crippen LogP contribution in [-0.2, 0) is 0 Å². The van der Waals surface area contributed by atoms with Crippen LogP contribution >= 0.6 is 11.3 Å². The third kappa shape index (κ3) is 3.85. The van der Waals surface area contributed by atoms with Crippen LogP contribution in [0.25, 0.3) is 21.8 Å². The summed E-state index contributed by atoms with van der Waals surface area (Å²) in [7, 11) is 0. The van der Waals surface area contributed by atoms with Gasteiger partial charge < -0.3 is 16.2 Å². The highest BCUT2D eigenvalue weighted by molar-refractivity contribution is 7.19. The van der Waals surface area contributed by atoms with Gasteiger partial charge in [-0.2, -0.15) is 0 Å². The highest BCUT2D eigenvalue weighted by Crippen LogP contribution is 2.37. The van der Waals surface area contributed by atoms with Crippen LogP contribution < -0.4 is 11.1 Å². The van der Waals surface area contributed by atoms with E-state index in [1.54, 1.807) is 13.1 Å². The monoisotopic (exact) mass is 389 g/mol. The van der Waals surface area contributed by atoms with Gasteiger partial charge in [0.1, 0.15) is 0 Å². The number of nitrogens with two attached hydrogens (primary N) is 1. The van der Waals surface area contributed by atoms with E-state index < -0.39 is 6.10 Å². The highest BCUT2D eigenvalue weighted by atomic mass is 32.1. The van der Waals surface area contributed by atoms with Crippen molar-refractivity contribution in [3.05, 3.63) is 72.4 Å². The normalized spacial score (nSPS) is 11.9. The Morgan fingerprint density at radius 2 is 1.86 bits per heavy atom. The van der Waals surface area contributed by atoms with Gasteiger partial charge in [-0.15, -0.1) is 0 Å². The summed E-state index contributed by atoms with van der Waals surface area (Å²) in [6.45, 7) is 1.73. The Kier molecular flexibility index (Phi) is 5.01. The second-order valence-corrected chi connectivity index (χ2v) is 7.32. The number of aliphatic hydroxyl groups is 1. The number of hydrogen-bond acceptors (Lipinski definition) is 7. The first-order valence-electron chi connectivity index (χ1n) is 8.80. The van der Waals surface area contributed by atoms with Gasteiger partial charge in [-0.3, -0.25) is 0 Å². The van der Waals surface area contributed by atoms with Crippen molar-refractivity contribution in [2.45, 2.75) is 13.0 Å². The number of hydrogen-bond donors (Lipinski definition) is 3. The summed E-state index contributed by atoms with van der Waals surface area (Å²) in [6, 6.07) is 19.3. The number of anilines is 3. The number of nitrogen functional groups attached to an aromatic ring is 1. The maximum atomic E-state index is 9.77. The van der Waals surface area contributed by atoms with Crippen molar-refractivity contribution < 1.29 is 5.11 Å². The molecule has 4 rings (SSSR count). The second kappa shape index (κ2) is 7.75. The van der Waals surface area contributed by atoms with Crippen LogP contribution in [0.1, 0.15) is 18.6 Å². The predicted octanol–water partition coefficient (Wildman–Crippen LogP) is 4.65. The van der Waals surface area contributed by atoms with Crippen molar-refractivity contribution >= 4 is 28.1 Å². The largest absolute Gasteiger partial charge is 0.389 e. The molecule has 1 atom stereocenters. The Labute approximate surface area is 166 Å². The van der Waals surface area contributed by atoms with Crippen LogP contribution in [-0.4, -0.2) is 20.1 Å². The number of aliphatic hydroxyl groups excluding tert-OH is 1. The number of nitrogens with one attached hydrogen (secondary N) is 1. The van der Waals surface area contributed by atoms with Crippen molar-refractivity contribution in [2.24, 2.45) is 0 Å². The molecule has 140 valence electrons. The van der Waals surface area contributed by atoms with Crippen molar-refractivity contribution in [1.29, 1.82) is 0 Å². The summed E-state index contributed by atoms with van der Waals surface area (Å²) in [5.41, 5.74) is 10.2. The minimum Gasteiger partial charge on any atom is -0.389 e. The van der Waals surface area contributed by atoms with E-state index in [2.05, 4.69) is 20.3 Å². The number of thiazole rings is 1. The summed E-state index contributed by atoms with van der Waals surface area (Å²) in [5, 5.41) is 13.5. The molecule has 2 aromatic heterocycles. The van der Waals surface area contributed by atoms with Crippen LogP contribution in [0.15, 0.2) is 66.9 Å². The van der Waals surface area contributed by atoms with Gasteiger partial charge in [-0.25, -0.2) is 15.0 Å². The zero-order valence-corrected chi connectivity index (χ0v) is 16.0. The van der Waals surface area contributed by atoms with Gasteiger partial charge in [0, 0.05) is 17.4 Å². The molecule has 0 aliphatic rings. The molecule has 0 fully saturated rings. The SMILES string of the molecule is CC(O)c1cccc(Nc2nccc(-c3sc(N)nc3-c3ccccc3)n2)c1. The van der Waals surface area contributed by atoms with Gasteiger partial charge >= 0.3 is 0 Å². The Balaban J connectivity index is 1.68. The maximum Gasteiger partial charge on any atom is 0.227 e. The fourth-order valence-electron chi connectivity index (χ4n) is 2.85. The quantitative estimate of drug-likeness (QED) is 0.460. The Bertz CT molecular complexity index is 1090. The lowest BCUT2D eigenvalue weighted by Crippen LogP contribution is -1.99. The zero-order valence-electron chi connectivity index (χ0n) is 15.2. The van der Waals surface area contributed by atoms with Gasteiger partial charge in [0.2, 0.25) is 5.95 Å². The lowest BCUT2D eigenvalue weighted by atomic mass is 10.1. The van der Waals surface area contributed by atoms with Crippen LogP contribution in [0, 0.1) is 0 Å². The molecule has 0 saturated carbocycles. The topological polar surface area (TPSA) is 97.0 Å². The fraction of sp³-hybridized carbons (Fsp3) is 0.0952. The fourth-order valence-corrected chi connectivity index (χ4v) is 3.68. The van der Waals surface area contributed by atoms with E-state index in [1.807, 2.05) is 60.7 Å². The molecular formula is C21H19N5OS. The number of nitrogens with zero attached hydrogens (tertiary/aromatic N) is 3. The third-order valence-corrected chi connectivity index (χ3v) is 5.11. The zero-order chi connectivity index (χ0) is 19.5. The van der Waals surface area contributed by atoms with E-state index in [1.165, 1.54) is 11.3 Å². The van der Waals surface area contributed by atoms with Gasteiger partial charge in [-0.1, -0.05) is 53.8 Å². The third-order valence-electron chi connectivity index (χ3n) is 4.20. The molecule has 0 amide bonds. The lowest BCUT2D eigenvalue weighted by molar-refractivity contribution is 0.199. The van der Waals surface area contributed by atoms with Crippen molar-refractivity contribution in [3.8, 4) is 21.8 Å². The van der Waals surface area contributed by atoms with Crippen molar-refractivity contribution in [2.75, 3.05) is 11.1 Å². The minimum atomic E-state index is -0.539. The summed E-state index contributed by atoms with van der Waals surface area (Å²) >= 11 is 1.40. The molecule has 4 aromatic rings. The van der Waals surface area contributed by atoms with Crippen molar-refractivity contribution in [3.63, 3.8) is 0 Å². The molecule has 7 heteroatoms. The Hall–Kier alpha value is -3.29. The van der Waals surface area contributed by atoms with E-state index in [0.717, 1.165) is 33.1 Å². The molecule has 0 aliphatic carbocycles.